The molecule has 27 heavy (non-hydrogen) atoms. The van der Waals surface area contributed by atoms with Gasteiger partial charge in [0.15, 0.2) is 5.11 Å². The van der Waals surface area contributed by atoms with Crippen LogP contribution >= 0.6 is 39.5 Å². The Labute approximate surface area is 176 Å². The molecule has 0 bridgehead atoms. The molecule has 4 nitrogen and oxygen atoms in total. The predicted octanol–water partition coefficient (Wildman–Crippen LogP) is 6.12. The molecular formula is C20H20BrN3OS2. The van der Waals surface area contributed by atoms with Crippen LogP contribution in [-0.2, 0) is 4.79 Å². The molecule has 0 unspecified atom stereocenters. The maximum Gasteiger partial charge on any atom is 0.226 e. The Morgan fingerprint density at radius 3 is 2.81 bits per heavy atom. The second-order valence-electron chi connectivity index (χ2n) is 6.14. The van der Waals surface area contributed by atoms with E-state index in [1.165, 1.54) is 0 Å². The number of thiocarbonyl (C=S) groups is 1. The Morgan fingerprint density at radius 2 is 2.04 bits per heavy atom. The zero-order valence-electron chi connectivity index (χ0n) is 14.9. The summed E-state index contributed by atoms with van der Waals surface area (Å²) in [6.45, 7) is 2.11. The number of unbranched alkanes of at least 4 members (excludes halogenated alkanes) is 2. The molecule has 0 aliphatic heterocycles. The van der Waals surface area contributed by atoms with Gasteiger partial charge in [0.2, 0.25) is 5.91 Å². The van der Waals surface area contributed by atoms with Crippen molar-refractivity contribution >= 4 is 66.4 Å². The van der Waals surface area contributed by atoms with Gasteiger partial charge in [-0.3, -0.25) is 4.79 Å². The standard InChI is InChI=1S/C20H20BrN3OS2/c1-2-3-4-9-18(25)24-20(26)23-15-11-10-13(21)12-14(15)19-22-16-7-5-6-8-17(16)27-19/h5-8,10-12H,2-4,9H2,1H3,(H2,23,24,25,26). The summed E-state index contributed by atoms with van der Waals surface area (Å²) in [5.74, 6) is -0.0559. The first-order valence-electron chi connectivity index (χ1n) is 8.83. The molecule has 2 aromatic carbocycles. The molecule has 3 aromatic rings. The monoisotopic (exact) mass is 461 g/mol. The van der Waals surface area contributed by atoms with Crippen molar-refractivity contribution in [3.05, 3.63) is 46.9 Å². The average molecular weight is 462 g/mol. The summed E-state index contributed by atoms with van der Waals surface area (Å²) in [7, 11) is 0. The first-order valence-corrected chi connectivity index (χ1v) is 10.8. The van der Waals surface area contributed by atoms with Crippen molar-refractivity contribution in [3.63, 3.8) is 0 Å². The number of carbonyl (C=O) groups excluding carboxylic acids is 1. The molecule has 0 aliphatic carbocycles. The largest absolute Gasteiger partial charge is 0.332 e. The normalized spacial score (nSPS) is 10.7. The number of nitrogens with one attached hydrogen (secondary N) is 2. The van der Waals surface area contributed by atoms with Gasteiger partial charge in [-0.15, -0.1) is 11.3 Å². The molecule has 0 saturated carbocycles. The number of para-hydroxylation sites is 1. The van der Waals surface area contributed by atoms with Gasteiger partial charge in [0.05, 0.1) is 15.9 Å². The molecule has 0 saturated heterocycles. The highest BCUT2D eigenvalue weighted by Crippen LogP contribution is 2.36. The molecule has 7 heteroatoms. The molecule has 1 heterocycles. The van der Waals surface area contributed by atoms with Crippen LogP contribution < -0.4 is 10.6 Å². The van der Waals surface area contributed by atoms with E-state index in [-0.39, 0.29) is 5.91 Å². The highest BCUT2D eigenvalue weighted by Gasteiger charge is 2.13. The first kappa shape index (κ1) is 19.9. The zero-order chi connectivity index (χ0) is 19.2. The smallest absolute Gasteiger partial charge is 0.226 e. The van der Waals surface area contributed by atoms with Crippen molar-refractivity contribution in [1.29, 1.82) is 0 Å². The number of carbonyl (C=O) groups is 1. The quantitative estimate of drug-likeness (QED) is 0.342. The number of fused-ring (bicyclic) bond motifs is 1. The number of thiazole rings is 1. The molecule has 0 radical (unpaired) electrons. The summed E-state index contributed by atoms with van der Waals surface area (Å²) in [5.41, 5.74) is 2.72. The van der Waals surface area contributed by atoms with Gasteiger partial charge < -0.3 is 10.6 Å². The van der Waals surface area contributed by atoms with Crippen LogP contribution in [-0.4, -0.2) is 16.0 Å². The molecular weight excluding hydrogens is 442 g/mol. The van der Waals surface area contributed by atoms with Crippen LogP contribution in [0.15, 0.2) is 46.9 Å². The first-order chi connectivity index (χ1) is 13.1. The lowest BCUT2D eigenvalue weighted by Gasteiger charge is -2.13. The molecule has 2 N–H and O–H groups in total. The fourth-order valence-electron chi connectivity index (χ4n) is 2.67. The van der Waals surface area contributed by atoms with E-state index in [2.05, 4.69) is 39.6 Å². The summed E-state index contributed by atoms with van der Waals surface area (Å²) < 4.78 is 2.09. The van der Waals surface area contributed by atoms with Crippen molar-refractivity contribution in [3.8, 4) is 10.6 Å². The van der Waals surface area contributed by atoms with Gasteiger partial charge >= 0.3 is 0 Å². The van der Waals surface area contributed by atoms with Gasteiger partial charge in [0, 0.05) is 16.5 Å². The second kappa shape index (κ2) is 9.39. The molecule has 1 amide bonds. The number of rotatable bonds is 6. The summed E-state index contributed by atoms with van der Waals surface area (Å²) >= 11 is 10.5. The number of nitrogens with zero attached hydrogens (tertiary/aromatic N) is 1. The Balaban J connectivity index is 1.78. The predicted molar refractivity (Wildman–Crippen MR) is 121 cm³/mol. The van der Waals surface area contributed by atoms with Gasteiger partial charge in [-0.25, -0.2) is 4.98 Å². The molecule has 140 valence electrons. The van der Waals surface area contributed by atoms with E-state index in [1.54, 1.807) is 11.3 Å². The van der Waals surface area contributed by atoms with Crippen molar-refractivity contribution in [2.75, 3.05) is 5.32 Å². The molecule has 1 aromatic heterocycles. The summed E-state index contributed by atoms with van der Waals surface area (Å²) in [5, 5.41) is 7.11. The third-order valence-corrected chi connectivity index (χ3v) is 5.78. The highest BCUT2D eigenvalue weighted by atomic mass is 79.9. The minimum atomic E-state index is -0.0559. The Bertz CT molecular complexity index is 938. The van der Waals surface area contributed by atoms with Crippen LogP contribution in [0.4, 0.5) is 5.69 Å². The average Bonchev–Trinajstić information content (AvgIpc) is 3.07. The van der Waals surface area contributed by atoms with Gasteiger partial charge in [0.1, 0.15) is 5.01 Å². The fraction of sp³-hybridized carbons (Fsp3) is 0.250. The van der Waals surface area contributed by atoms with Crippen LogP contribution in [0.5, 0.6) is 0 Å². The summed E-state index contributed by atoms with van der Waals surface area (Å²) in [4.78, 5) is 16.7. The van der Waals surface area contributed by atoms with Crippen molar-refractivity contribution in [2.24, 2.45) is 0 Å². The van der Waals surface area contributed by atoms with Gasteiger partial charge in [0.25, 0.3) is 0 Å². The van der Waals surface area contributed by atoms with Gasteiger partial charge in [-0.05, 0) is 49.0 Å². The molecule has 0 aliphatic rings. The van der Waals surface area contributed by atoms with Crippen LogP contribution in [0.2, 0.25) is 0 Å². The minimum absolute atomic E-state index is 0.0559. The lowest BCUT2D eigenvalue weighted by atomic mass is 10.2. The lowest BCUT2D eigenvalue weighted by Crippen LogP contribution is -2.34. The summed E-state index contributed by atoms with van der Waals surface area (Å²) in [6.07, 6.45) is 3.49. The number of hydrogen-bond donors (Lipinski definition) is 2. The van der Waals surface area contributed by atoms with Gasteiger partial charge in [-0.2, -0.15) is 0 Å². The minimum Gasteiger partial charge on any atom is -0.332 e. The van der Waals surface area contributed by atoms with Crippen LogP contribution in [0.1, 0.15) is 32.6 Å². The van der Waals surface area contributed by atoms with E-state index >= 15 is 0 Å². The maximum atomic E-state index is 12.0. The topological polar surface area (TPSA) is 54.0 Å². The number of amides is 1. The van der Waals surface area contributed by atoms with E-state index in [9.17, 15) is 4.79 Å². The van der Waals surface area contributed by atoms with Gasteiger partial charge in [-0.1, -0.05) is 47.8 Å². The Morgan fingerprint density at radius 1 is 1.22 bits per heavy atom. The van der Waals surface area contributed by atoms with E-state index in [1.807, 2.05) is 36.4 Å². The molecule has 0 spiro atoms. The summed E-state index contributed by atoms with van der Waals surface area (Å²) in [6, 6.07) is 13.9. The lowest BCUT2D eigenvalue weighted by molar-refractivity contribution is -0.119. The maximum absolute atomic E-state index is 12.0. The van der Waals surface area contributed by atoms with Crippen molar-refractivity contribution in [1.82, 2.24) is 10.3 Å². The third-order valence-electron chi connectivity index (χ3n) is 4.01. The van der Waals surface area contributed by atoms with Crippen LogP contribution in [0.3, 0.4) is 0 Å². The third kappa shape index (κ3) is 5.34. The van der Waals surface area contributed by atoms with E-state index in [0.29, 0.717) is 11.5 Å². The van der Waals surface area contributed by atoms with Crippen molar-refractivity contribution in [2.45, 2.75) is 32.6 Å². The van der Waals surface area contributed by atoms with Crippen LogP contribution in [0.25, 0.3) is 20.8 Å². The van der Waals surface area contributed by atoms with E-state index in [4.69, 9.17) is 17.2 Å². The van der Waals surface area contributed by atoms with Crippen molar-refractivity contribution < 1.29 is 4.79 Å². The number of benzene rings is 2. The van der Waals surface area contributed by atoms with E-state index in [0.717, 1.165) is 50.2 Å². The number of halogens is 1. The molecule has 0 fully saturated rings. The Kier molecular flexibility index (Phi) is 6.93. The Hall–Kier alpha value is -1.83. The van der Waals surface area contributed by atoms with E-state index < -0.39 is 0 Å². The number of aromatic nitrogens is 1. The SMILES string of the molecule is CCCCCC(=O)NC(=S)Nc1ccc(Br)cc1-c1nc2ccccc2s1. The second-order valence-corrected chi connectivity index (χ2v) is 8.49. The number of hydrogen-bond acceptors (Lipinski definition) is 4. The highest BCUT2D eigenvalue weighted by molar-refractivity contribution is 9.10. The molecule has 0 atom stereocenters. The zero-order valence-corrected chi connectivity index (χ0v) is 18.1. The van der Waals surface area contributed by atoms with Crippen LogP contribution in [0, 0.1) is 0 Å². The number of anilines is 1. The molecule has 3 rings (SSSR count). The fourth-order valence-corrected chi connectivity index (χ4v) is 4.25.